The van der Waals surface area contributed by atoms with Gasteiger partial charge in [-0.3, -0.25) is 4.79 Å². The molecule has 0 saturated heterocycles. The second kappa shape index (κ2) is 9.45. The molecule has 0 unspecified atom stereocenters. The van der Waals surface area contributed by atoms with E-state index in [1.807, 2.05) is 28.8 Å². The summed E-state index contributed by atoms with van der Waals surface area (Å²) in [5.74, 6) is 3.25. The standard InChI is InChI=1S/C21H30N4O2S/c1-5-25-20(16-9-11-17(27-4)12-10-16)23-24-21(25)28-13-19(26)22-18-8-6-7-14(2)15(18)3/h9-12,14-15,18H,5-8,13H2,1-4H3,(H,22,26)/t14-,15-,18+/m0/s1. The van der Waals surface area contributed by atoms with Gasteiger partial charge in [-0.2, -0.15) is 0 Å². The van der Waals surface area contributed by atoms with Crippen LogP contribution in [0.25, 0.3) is 11.4 Å². The fourth-order valence-electron chi connectivity index (χ4n) is 3.80. The van der Waals surface area contributed by atoms with Crippen LogP contribution in [0.4, 0.5) is 0 Å². The molecule has 2 aromatic rings. The number of carbonyl (C=O) groups is 1. The van der Waals surface area contributed by atoms with E-state index in [9.17, 15) is 4.79 Å². The zero-order valence-corrected chi connectivity index (χ0v) is 18.0. The van der Waals surface area contributed by atoms with Gasteiger partial charge in [0.15, 0.2) is 11.0 Å². The number of rotatable bonds is 7. The van der Waals surface area contributed by atoms with Gasteiger partial charge in [-0.25, -0.2) is 0 Å². The molecular weight excluding hydrogens is 372 g/mol. The molecule has 0 radical (unpaired) electrons. The van der Waals surface area contributed by atoms with E-state index in [4.69, 9.17) is 4.74 Å². The fourth-order valence-corrected chi connectivity index (χ4v) is 4.61. The molecule has 6 nitrogen and oxygen atoms in total. The molecule has 1 fully saturated rings. The van der Waals surface area contributed by atoms with Crippen LogP contribution in [0.2, 0.25) is 0 Å². The van der Waals surface area contributed by atoms with E-state index in [1.165, 1.54) is 24.6 Å². The number of nitrogens with zero attached hydrogens (tertiary/aromatic N) is 3. The summed E-state index contributed by atoms with van der Waals surface area (Å²) in [7, 11) is 1.65. The number of hydrogen-bond acceptors (Lipinski definition) is 5. The maximum atomic E-state index is 12.5. The van der Waals surface area contributed by atoms with E-state index in [-0.39, 0.29) is 11.9 Å². The molecule has 3 rings (SSSR count). The van der Waals surface area contributed by atoms with Gasteiger partial charge in [-0.05, 0) is 49.4 Å². The van der Waals surface area contributed by atoms with Crippen molar-refractivity contribution in [2.75, 3.05) is 12.9 Å². The van der Waals surface area contributed by atoms with Gasteiger partial charge in [-0.15, -0.1) is 10.2 Å². The SMILES string of the molecule is CCn1c(SCC(=O)N[C@@H]2CCC[C@H](C)[C@@H]2C)nnc1-c1ccc(OC)cc1. The number of benzene rings is 1. The minimum atomic E-state index is 0.0765. The highest BCUT2D eigenvalue weighted by Crippen LogP contribution is 2.30. The van der Waals surface area contributed by atoms with Crippen LogP contribution in [0.1, 0.15) is 40.0 Å². The molecule has 1 aliphatic carbocycles. The molecule has 1 aromatic carbocycles. The van der Waals surface area contributed by atoms with Gasteiger partial charge >= 0.3 is 0 Å². The Morgan fingerprint density at radius 1 is 1.25 bits per heavy atom. The van der Waals surface area contributed by atoms with Gasteiger partial charge in [-0.1, -0.05) is 38.5 Å². The molecule has 1 N–H and O–H groups in total. The first-order valence-corrected chi connectivity index (χ1v) is 11.0. The molecule has 1 aliphatic rings. The highest BCUT2D eigenvalue weighted by Gasteiger charge is 2.28. The van der Waals surface area contributed by atoms with Crippen molar-refractivity contribution >= 4 is 17.7 Å². The predicted octanol–water partition coefficient (Wildman–Crippen LogP) is 4.01. The van der Waals surface area contributed by atoms with Crippen molar-refractivity contribution in [1.82, 2.24) is 20.1 Å². The quantitative estimate of drug-likeness (QED) is 0.709. The van der Waals surface area contributed by atoms with Crippen molar-refractivity contribution in [2.45, 2.75) is 57.8 Å². The number of hydrogen-bond donors (Lipinski definition) is 1. The summed E-state index contributed by atoms with van der Waals surface area (Å²) in [5, 5.41) is 12.7. The average molecular weight is 403 g/mol. The summed E-state index contributed by atoms with van der Waals surface area (Å²) in [6, 6.07) is 8.06. The van der Waals surface area contributed by atoms with E-state index in [0.29, 0.717) is 17.6 Å². The Morgan fingerprint density at radius 2 is 2.00 bits per heavy atom. The Kier molecular flexibility index (Phi) is 6.99. The molecule has 28 heavy (non-hydrogen) atoms. The monoisotopic (exact) mass is 402 g/mol. The lowest BCUT2D eigenvalue weighted by molar-refractivity contribution is -0.120. The summed E-state index contributed by atoms with van der Waals surface area (Å²) in [6.45, 7) is 7.33. The number of ether oxygens (including phenoxy) is 1. The maximum Gasteiger partial charge on any atom is 0.230 e. The Balaban J connectivity index is 1.62. The first kappa shape index (κ1) is 20.7. The molecule has 3 atom stereocenters. The van der Waals surface area contributed by atoms with E-state index in [2.05, 4.69) is 36.3 Å². The number of methoxy groups -OCH3 is 1. The van der Waals surface area contributed by atoms with Crippen LogP contribution < -0.4 is 10.1 Å². The highest BCUT2D eigenvalue weighted by atomic mass is 32.2. The number of carbonyl (C=O) groups excluding carboxylic acids is 1. The molecule has 1 heterocycles. The van der Waals surface area contributed by atoms with E-state index < -0.39 is 0 Å². The predicted molar refractivity (Wildman–Crippen MR) is 113 cm³/mol. The molecule has 0 spiro atoms. The topological polar surface area (TPSA) is 69.0 Å². The summed E-state index contributed by atoms with van der Waals surface area (Å²) >= 11 is 1.45. The molecule has 152 valence electrons. The summed E-state index contributed by atoms with van der Waals surface area (Å²) in [6.07, 6.45) is 3.53. The third-order valence-corrected chi connectivity index (χ3v) is 6.73. The van der Waals surface area contributed by atoms with Crippen LogP contribution in [0, 0.1) is 11.8 Å². The van der Waals surface area contributed by atoms with Crippen LogP contribution >= 0.6 is 11.8 Å². The minimum absolute atomic E-state index is 0.0765. The zero-order valence-electron chi connectivity index (χ0n) is 17.1. The van der Waals surface area contributed by atoms with Crippen molar-refractivity contribution in [3.05, 3.63) is 24.3 Å². The van der Waals surface area contributed by atoms with Gasteiger partial charge in [0.05, 0.1) is 12.9 Å². The first-order chi connectivity index (χ1) is 13.5. The fraction of sp³-hybridized carbons (Fsp3) is 0.571. The average Bonchev–Trinajstić information content (AvgIpc) is 3.13. The summed E-state index contributed by atoms with van der Waals surface area (Å²) < 4.78 is 7.26. The van der Waals surface area contributed by atoms with Crippen molar-refractivity contribution in [3.63, 3.8) is 0 Å². The van der Waals surface area contributed by atoms with Crippen LogP contribution in [0.3, 0.4) is 0 Å². The number of aromatic nitrogens is 3. The van der Waals surface area contributed by atoms with E-state index in [0.717, 1.165) is 35.3 Å². The highest BCUT2D eigenvalue weighted by molar-refractivity contribution is 7.99. The van der Waals surface area contributed by atoms with Gasteiger partial charge in [0, 0.05) is 18.2 Å². The first-order valence-electron chi connectivity index (χ1n) is 10.0. The van der Waals surface area contributed by atoms with Crippen molar-refractivity contribution in [1.29, 1.82) is 0 Å². The molecule has 7 heteroatoms. The molecule has 0 aliphatic heterocycles. The normalized spacial score (nSPS) is 22.1. The Hall–Kier alpha value is -2.02. The van der Waals surface area contributed by atoms with Crippen molar-refractivity contribution in [2.24, 2.45) is 11.8 Å². The Morgan fingerprint density at radius 3 is 2.68 bits per heavy atom. The van der Waals surface area contributed by atoms with Crippen LogP contribution in [0.15, 0.2) is 29.4 Å². The van der Waals surface area contributed by atoms with Gasteiger partial charge in [0.1, 0.15) is 5.75 Å². The smallest absolute Gasteiger partial charge is 0.230 e. The number of amides is 1. The van der Waals surface area contributed by atoms with Crippen molar-refractivity contribution in [3.8, 4) is 17.1 Å². The van der Waals surface area contributed by atoms with Gasteiger partial charge in [0.25, 0.3) is 0 Å². The molecule has 0 bridgehead atoms. The second-order valence-electron chi connectivity index (χ2n) is 7.51. The van der Waals surface area contributed by atoms with Crippen molar-refractivity contribution < 1.29 is 9.53 Å². The van der Waals surface area contributed by atoms with Crippen LogP contribution in [0.5, 0.6) is 5.75 Å². The number of thioether (sulfide) groups is 1. The molecule has 1 aromatic heterocycles. The zero-order chi connectivity index (χ0) is 20.1. The van der Waals surface area contributed by atoms with E-state index >= 15 is 0 Å². The lowest BCUT2D eigenvalue weighted by Gasteiger charge is -2.34. The Labute approximate surface area is 171 Å². The summed E-state index contributed by atoms with van der Waals surface area (Å²) in [5.41, 5.74) is 0.983. The largest absolute Gasteiger partial charge is 0.497 e. The van der Waals surface area contributed by atoms with Crippen LogP contribution in [-0.2, 0) is 11.3 Å². The molecule has 1 saturated carbocycles. The van der Waals surface area contributed by atoms with Crippen LogP contribution in [-0.4, -0.2) is 39.6 Å². The lowest BCUT2D eigenvalue weighted by atomic mass is 9.78. The lowest BCUT2D eigenvalue weighted by Crippen LogP contribution is -2.44. The third kappa shape index (κ3) is 4.69. The molecular formula is C21H30N4O2S. The van der Waals surface area contributed by atoms with Gasteiger partial charge in [0.2, 0.25) is 5.91 Å². The number of nitrogens with one attached hydrogen (secondary N) is 1. The maximum absolute atomic E-state index is 12.5. The third-order valence-electron chi connectivity index (χ3n) is 5.77. The summed E-state index contributed by atoms with van der Waals surface area (Å²) in [4.78, 5) is 12.5. The minimum Gasteiger partial charge on any atom is -0.497 e. The second-order valence-corrected chi connectivity index (χ2v) is 8.45. The van der Waals surface area contributed by atoms with Gasteiger partial charge < -0.3 is 14.6 Å². The molecule has 1 amide bonds. The van der Waals surface area contributed by atoms with E-state index in [1.54, 1.807) is 7.11 Å². The Bertz CT molecular complexity index is 790.